The molecule has 2 aliphatic rings. The van der Waals surface area contributed by atoms with Gasteiger partial charge in [0, 0.05) is 0 Å². The van der Waals surface area contributed by atoms with Gasteiger partial charge in [-0.15, -0.1) is 0 Å². The molecule has 7 rings (SSSR count). The van der Waals surface area contributed by atoms with E-state index in [1.807, 2.05) is 29.3 Å². The van der Waals surface area contributed by atoms with Crippen molar-refractivity contribution in [1.29, 1.82) is 0 Å². The Morgan fingerprint density at radius 3 is 1.75 bits per heavy atom. The molecule has 3 aromatic carbocycles. The average Bonchev–Trinajstić information content (AvgIpc) is 3.97. The van der Waals surface area contributed by atoms with Crippen molar-refractivity contribution in [2.24, 2.45) is 0 Å². The van der Waals surface area contributed by atoms with Crippen molar-refractivity contribution in [2.45, 2.75) is 85.2 Å². The summed E-state index contributed by atoms with van der Waals surface area (Å²) in [6.45, 7) is 12.7. The third kappa shape index (κ3) is 8.19. The van der Waals surface area contributed by atoms with E-state index in [2.05, 4.69) is 185 Å². The van der Waals surface area contributed by atoms with E-state index in [1.165, 1.54) is 58.1 Å². The number of fused-ring (bicyclic) bond motifs is 2. The van der Waals surface area contributed by atoms with E-state index in [9.17, 15) is 0 Å². The number of hydrogen-bond donors (Lipinski definition) is 0. The standard InChI is InChI=1S/C50H49O2PS2.Os/c1-8-20-43-32-45-47(51-34(3)4)50-46(48(49(45)54-43)52-35(5)6)33-44(55-50)30-29-38(31-39-22-19-21-37(39)9-2)36(7)53(40-23-13-10-14-24-40,41-25-15-11-16-26-41)42-27-17-12-18-28-42;/h8-18,20,23-28,31-35,47-48H,19,21-22H2,1-6H3;/q+1;/b20-8+,37-9?,38-36?,39-31?;. The van der Waals surface area contributed by atoms with Crippen LogP contribution in [0.1, 0.15) is 104 Å². The molecule has 2 heterocycles. The van der Waals surface area contributed by atoms with Crippen LogP contribution in [0.15, 0.2) is 143 Å². The van der Waals surface area contributed by atoms with E-state index >= 15 is 0 Å². The van der Waals surface area contributed by atoms with Gasteiger partial charge in [-0.3, -0.25) is 0 Å². The Morgan fingerprint density at radius 1 is 0.732 bits per heavy atom. The van der Waals surface area contributed by atoms with Crippen LogP contribution in [0.5, 0.6) is 0 Å². The molecule has 0 amide bonds. The van der Waals surface area contributed by atoms with Crippen LogP contribution in [-0.4, -0.2) is 12.2 Å². The summed E-state index contributed by atoms with van der Waals surface area (Å²) >= 11 is 5.38. The van der Waals surface area contributed by atoms with Gasteiger partial charge in [-0.25, -0.2) is 0 Å². The summed E-state index contributed by atoms with van der Waals surface area (Å²) < 4.78 is 17.4. The predicted octanol–water partition coefficient (Wildman–Crippen LogP) is 12.3. The number of hydrogen-bond acceptors (Lipinski definition) is 4. The normalized spacial score (nSPS) is 18.6. The first-order chi connectivity index (χ1) is 27.3. The van der Waals surface area contributed by atoms with Crippen molar-refractivity contribution < 1.29 is 27.4 Å². The Kier molecular flexibility index (Phi) is 13.2. The van der Waals surface area contributed by atoms with Crippen LogP contribution in [-0.2, 0) is 27.4 Å². The molecule has 1 saturated carbocycles. The molecule has 2 aromatic heterocycles. The molecular weight excluding hydrogens is 918 g/mol. The van der Waals surface area contributed by atoms with Gasteiger partial charge in [0.05, 0.1) is 0 Å². The number of rotatable bonds is 10. The summed E-state index contributed by atoms with van der Waals surface area (Å²) in [6, 6.07) is 37.8. The van der Waals surface area contributed by atoms with Gasteiger partial charge in [-0.05, 0) is 13.0 Å². The average molecular weight is 967 g/mol. The van der Waals surface area contributed by atoms with Crippen molar-refractivity contribution in [3.8, 4) is 16.2 Å². The predicted molar refractivity (Wildman–Crippen MR) is 238 cm³/mol. The summed E-state index contributed by atoms with van der Waals surface area (Å²) in [6.07, 6.45) is 12.1. The molecule has 2 unspecified atom stereocenters. The molecule has 2 nitrogen and oxygen atoms in total. The third-order valence-electron chi connectivity index (χ3n) is 10.2. The molecule has 0 radical (unpaired) electrons. The van der Waals surface area contributed by atoms with Crippen molar-refractivity contribution in [2.75, 3.05) is 0 Å². The Balaban J connectivity index is 1.49. The Hall–Kier alpha value is -3.65. The number of ether oxygens (including phenoxy) is 2. The first-order valence-electron chi connectivity index (χ1n) is 19.5. The van der Waals surface area contributed by atoms with E-state index in [1.54, 1.807) is 11.3 Å². The fourth-order valence-corrected chi connectivity index (χ4v) is 16.0. The number of thiophene rings is 2. The molecule has 5 aromatic rings. The van der Waals surface area contributed by atoms with Crippen molar-refractivity contribution >= 4 is 51.9 Å². The number of benzene rings is 3. The maximum atomic E-state index is 6.75. The van der Waals surface area contributed by atoms with Crippen LogP contribution in [0, 0.1) is 16.2 Å². The zero-order valence-corrected chi connectivity index (χ0v) is 38.1. The number of allylic oxidation sites excluding steroid dienone is 7. The minimum atomic E-state index is -2.46. The fourth-order valence-electron chi connectivity index (χ4n) is 7.91. The van der Waals surface area contributed by atoms with E-state index in [0.29, 0.717) is 0 Å². The molecule has 2 atom stereocenters. The second-order valence-corrected chi connectivity index (χ2v) is 20.8. The van der Waals surface area contributed by atoms with Crippen molar-refractivity contribution in [3.05, 3.63) is 174 Å². The van der Waals surface area contributed by atoms with E-state index in [-0.39, 0.29) is 24.4 Å². The van der Waals surface area contributed by atoms with Crippen LogP contribution in [0.25, 0.3) is 6.08 Å². The van der Waals surface area contributed by atoms with E-state index < -0.39 is 7.26 Å². The molecule has 0 spiro atoms. The first-order valence-corrected chi connectivity index (χ1v) is 24.2. The van der Waals surface area contributed by atoms with Gasteiger partial charge in [0.15, 0.2) is 0 Å². The second kappa shape index (κ2) is 18.3. The van der Waals surface area contributed by atoms with Gasteiger partial charge < -0.3 is 0 Å². The summed E-state index contributed by atoms with van der Waals surface area (Å²) in [5, 5.41) is 5.04. The molecular formula is C50H49O2OsPS2+. The van der Waals surface area contributed by atoms with Crippen LogP contribution < -0.4 is 15.9 Å². The van der Waals surface area contributed by atoms with Crippen LogP contribution in [0.3, 0.4) is 0 Å². The molecule has 1 fully saturated rings. The Labute approximate surface area is 352 Å². The third-order valence-corrected chi connectivity index (χ3v) is 17.8. The van der Waals surface area contributed by atoms with Gasteiger partial charge in [0.2, 0.25) is 0 Å². The Morgan fingerprint density at radius 2 is 1.25 bits per heavy atom. The van der Waals surface area contributed by atoms with Gasteiger partial charge in [-0.1, -0.05) is 6.08 Å². The van der Waals surface area contributed by atoms with Crippen LogP contribution >= 0.6 is 29.9 Å². The molecule has 2 aliphatic carbocycles. The quantitative estimate of drug-likeness (QED) is 0.103. The molecule has 56 heavy (non-hydrogen) atoms. The topological polar surface area (TPSA) is 18.5 Å². The minimum absolute atomic E-state index is 0.0587. The summed E-state index contributed by atoms with van der Waals surface area (Å²) in [4.78, 5) is 4.66. The molecule has 0 N–H and O–H groups in total. The molecule has 0 bridgehead atoms. The summed E-state index contributed by atoms with van der Waals surface area (Å²) in [5.41, 5.74) is 6.22. The van der Waals surface area contributed by atoms with Gasteiger partial charge in [0.1, 0.15) is 0 Å². The monoisotopic (exact) mass is 968 g/mol. The molecule has 0 saturated heterocycles. The SMILES string of the molecule is CC=C1CCCC1=CC(C#Cc1cc2c(s1)C(OC(C)C)c1cc(/C=C/C)sc1C2OC(C)C)=C([C]#[Os])[P+](c1ccccc1)(c1ccccc1)c1ccccc1. The maximum absolute atomic E-state index is 6.75. The summed E-state index contributed by atoms with van der Waals surface area (Å²) in [7, 11) is -2.46. The van der Waals surface area contributed by atoms with Crippen LogP contribution in [0.4, 0.5) is 0 Å². The summed E-state index contributed by atoms with van der Waals surface area (Å²) in [5.74, 6) is 7.61. The zero-order chi connectivity index (χ0) is 39.2. The van der Waals surface area contributed by atoms with E-state index in [4.69, 9.17) is 9.47 Å². The van der Waals surface area contributed by atoms with E-state index in [0.717, 1.165) is 29.7 Å². The van der Waals surface area contributed by atoms with Gasteiger partial charge in [0.25, 0.3) is 0 Å². The first kappa shape index (κ1) is 40.5. The fraction of sp³-hybridized carbons (Fsp3) is 0.260. The zero-order valence-electron chi connectivity index (χ0n) is 33.0. The van der Waals surface area contributed by atoms with Gasteiger partial charge in [-0.2, -0.15) is 0 Å². The van der Waals surface area contributed by atoms with Gasteiger partial charge >= 0.3 is 336 Å². The van der Waals surface area contributed by atoms with Crippen molar-refractivity contribution in [1.82, 2.24) is 0 Å². The molecule has 285 valence electrons. The molecule has 6 heteroatoms. The van der Waals surface area contributed by atoms with Crippen molar-refractivity contribution in [3.63, 3.8) is 0 Å². The second-order valence-electron chi connectivity index (χ2n) is 14.6. The molecule has 0 aliphatic heterocycles. The Bertz CT molecular complexity index is 2250. The van der Waals surface area contributed by atoms with Crippen LogP contribution in [0.2, 0.25) is 0 Å².